The molecule has 0 saturated carbocycles. The molecule has 28 heavy (non-hydrogen) atoms. The lowest BCUT2D eigenvalue weighted by Crippen LogP contribution is -2.15. The van der Waals surface area contributed by atoms with Crippen LogP contribution in [-0.4, -0.2) is 18.6 Å². The fraction of sp³-hybridized carbons (Fsp3) is 0.292. The van der Waals surface area contributed by atoms with Crippen LogP contribution in [0.3, 0.4) is 0 Å². The quantitative estimate of drug-likeness (QED) is 0.686. The summed E-state index contributed by atoms with van der Waals surface area (Å²) >= 11 is 0. The molecular weight excluding hydrogens is 350 g/mol. The van der Waals surface area contributed by atoms with E-state index in [0.717, 1.165) is 28.3 Å². The van der Waals surface area contributed by atoms with Gasteiger partial charge in [0.15, 0.2) is 0 Å². The van der Waals surface area contributed by atoms with E-state index in [1.165, 1.54) is 0 Å². The van der Waals surface area contributed by atoms with Crippen molar-refractivity contribution in [1.29, 1.82) is 0 Å². The van der Waals surface area contributed by atoms with Gasteiger partial charge in [0.2, 0.25) is 0 Å². The van der Waals surface area contributed by atoms with E-state index < -0.39 is 0 Å². The van der Waals surface area contributed by atoms with Crippen LogP contribution >= 0.6 is 0 Å². The molecule has 4 heteroatoms. The lowest BCUT2D eigenvalue weighted by atomic mass is 10.1. The van der Waals surface area contributed by atoms with Gasteiger partial charge in [-0.05, 0) is 79.4 Å². The summed E-state index contributed by atoms with van der Waals surface area (Å²) < 4.78 is 11.4. The van der Waals surface area contributed by atoms with Crippen LogP contribution in [-0.2, 0) is 4.79 Å². The summed E-state index contributed by atoms with van der Waals surface area (Å²) in [4.78, 5) is 12.3. The number of carbonyl (C=O) groups excluding carboxylic acids is 1. The Kier molecular flexibility index (Phi) is 6.19. The Morgan fingerprint density at radius 3 is 2.18 bits per heavy atom. The smallest absolute Gasteiger partial charge is 0.255 e. The van der Waals surface area contributed by atoms with Gasteiger partial charge >= 0.3 is 0 Å². The highest BCUT2D eigenvalue weighted by molar-refractivity contribution is 6.10. The highest BCUT2D eigenvalue weighted by Crippen LogP contribution is 2.25. The minimum Gasteiger partial charge on any atom is -0.493 e. The van der Waals surface area contributed by atoms with E-state index in [9.17, 15) is 4.79 Å². The first-order valence-electron chi connectivity index (χ1n) is 9.65. The first-order valence-corrected chi connectivity index (χ1v) is 9.65. The molecule has 0 bridgehead atoms. The predicted molar refractivity (Wildman–Crippen MR) is 113 cm³/mol. The number of amides is 1. The van der Waals surface area contributed by atoms with Crippen LogP contribution in [0.15, 0.2) is 60.2 Å². The van der Waals surface area contributed by atoms with Gasteiger partial charge in [-0.25, -0.2) is 0 Å². The van der Waals surface area contributed by atoms with Crippen LogP contribution in [0.2, 0.25) is 0 Å². The van der Waals surface area contributed by atoms with Gasteiger partial charge in [0.25, 0.3) is 5.91 Å². The van der Waals surface area contributed by atoms with Crippen molar-refractivity contribution >= 4 is 17.7 Å². The maximum Gasteiger partial charge on any atom is 0.255 e. The van der Waals surface area contributed by atoms with Crippen molar-refractivity contribution in [3.8, 4) is 11.5 Å². The Hall–Kier alpha value is -3.01. The Morgan fingerprint density at radius 1 is 0.929 bits per heavy atom. The molecule has 0 atom stereocenters. The predicted octanol–water partition coefficient (Wildman–Crippen LogP) is 5.06. The summed E-state index contributed by atoms with van der Waals surface area (Å²) in [5.74, 6) is 2.04. The summed E-state index contributed by atoms with van der Waals surface area (Å²) in [6.07, 6.45) is 3.89. The topological polar surface area (TPSA) is 47.6 Å². The van der Waals surface area contributed by atoms with Crippen molar-refractivity contribution in [2.75, 3.05) is 6.61 Å². The number of rotatable bonds is 7. The third kappa shape index (κ3) is 5.26. The molecule has 0 spiro atoms. The molecule has 1 N–H and O–H groups in total. The van der Waals surface area contributed by atoms with Gasteiger partial charge in [0, 0.05) is 11.3 Å². The maximum absolute atomic E-state index is 12.3. The van der Waals surface area contributed by atoms with Gasteiger partial charge < -0.3 is 14.8 Å². The van der Waals surface area contributed by atoms with Crippen molar-refractivity contribution in [2.45, 2.75) is 33.8 Å². The zero-order valence-electron chi connectivity index (χ0n) is 16.9. The van der Waals surface area contributed by atoms with Crippen LogP contribution < -0.4 is 14.8 Å². The average Bonchev–Trinajstić information content (AvgIpc) is 3.02. The molecule has 0 saturated heterocycles. The Morgan fingerprint density at radius 2 is 1.57 bits per heavy atom. The lowest BCUT2D eigenvalue weighted by Gasteiger charge is -2.09. The van der Waals surface area contributed by atoms with Crippen molar-refractivity contribution in [3.05, 3.63) is 71.3 Å². The molecular formula is C24H27NO3. The van der Waals surface area contributed by atoms with Gasteiger partial charge in [0.1, 0.15) is 11.5 Å². The second-order valence-electron chi connectivity index (χ2n) is 7.58. The molecule has 2 aromatic carbocycles. The number of ether oxygens (including phenoxy) is 2. The van der Waals surface area contributed by atoms with E-state index in [1.54, 1.807) is 0 Å². The van der Waals surface area contributed by atoms with Gasteiger partial charge in [-0.2, -0.15) is 0 Å². The zero-order chi connectivity index (χ0) is 20.1. The summed E-state index contributed by atoms with van der Waals surface area (Å²) in [5.41, 5.74) is 3.34. The SMILES string of the molecule is CC(C)COc1ccc(C2=C/C(=C\c3ccc(OC(C)C)cc3)C(=O)N2)cc1. The summed E-state index contributed by atoms with van der Waals surface area (Å²) in [5, 5.41) is 2.94. The average molecular weight is 377 g/mol. The highest BCUT2D eigenvalue weighted by Gasteiger charge is 2.19. The van der Waals surface area contributed by atoms with Gasteiger partial charge in [-0.3, -0.25) is 4.79 Å². The Balaban J connectivity index is 1.72. The van der Waals surface area contributed by atoms with E-state index in [4.69, 9.17) is 9.47 Å². The second kappa shape index (κ2) is 8.79. The first-order chi connectivity index (χ1) is 13.4. The van der Waals surface area contributed by atoms with Crippen LogP contribution in [0.25, 0.3) is 11.8 Å². The van der Waals surface area contributed by atoms with Crippen molar-refractivity contribution in [1.82, 2.24) is 5.32 Å². The van der Waals surface area contributed by atoms with Gasteiger partial charge in [-0.1, -0.05) is 26.0 Å². The molecule has 1 aliphatic rings. The Labute approximate surface area is 166 Å². The molecule has 0 fully saturated rings. The maximum atomic E-state index is 12.3. The monoisotopic (exact) mass is 377 g/mol. The minimum absolute atomic E-state index is 0.0994. The molecule has 4 nitrogen and oxygen atoms in total. The van der Waals surface area contributed by atoms with E-state index in [-0.39, 0.29) is 12.0 Å². The molecule has 0 radical (unpaired) electrons. The summed E-state index contributed by atoms with van der Waals surface area (Å²) in [6, 6.07) is 15.5. The molecule has 0 aliphatic carbocycles. The van der Waals surface area contributed by atoms with Gasteiger partial charge in [-0.15, -0.1) is 0 Å². The largest absolute Gasteiger partial charge is 0.493 e. The molecule has 146 valence electrons. The molecule has 1 heterocycles. The summed E-state index contributed by atoms with van der Waals surface area (Å²) in [7, 11) is 0. The molecule has 3 rings (SSSR count). The van der Waals surface area contributed by atoms with Crippen molar-refractivity contribution in [2.24, 2.45) is 5.92 Å². The molecule has 1 amide bonds. The van der Waals surface area contributed by atoms with E-state index in [1.807, 2.05) is 74.5 Å². The number of carbonyl (C=O) groups is 1. The van der Waals surface area contributed by atoms with E-state index in [0.29, 0.717) is 18.1 Å². The van der Waals surface area contributed by atoms with Crippen LogP contribution in [0.4, 0.5) is 0 Å². The fourth-order valence-corrected chi connectivity index (χ4v) is 2.80. The van der Waals surface area contributed by atoms with Crippen LogP contribution in [0.5, 0.6) is 11.5 Å². The fourth-order valence-electron chi connectivity index (χ4n) is 2.80. The third-order valence-corrected chi connectivity index (χ3v) is 4.13. The lowest BCUT2D eigenvalue weighted by molar-refractivity contribution is -0.115. The normalized spacial score (nSPS) is 15.1. The number of benzene rings is 2. The standard InChI is InChI=1S/C24H27NO3/c1-16(2)15-27-21-11-7-19(8-12-21)23-14-20(24(26)25-23)13-18-5-9-22(10-6-18)28-17(3)4/h5-14,16-17H,15H2,1-4H3,(H,25,26)/b20-13+. The highest BCUT2D eigenvalue weighted by atomic mass is 16.5. The van der Waals surface area contributed by atoms with Crippen LogP contribution in [0.1, 0.15) is 38.8 Å². The molecule has 1 aliphatic heterocycles. The number of nitrogens with one attached hydrogen (secondary N) is 1. The third-order valence-electron chi connectivity index (χ3n) is 4.13. The minimum atomic E-state index is -0.0994. The molecule has 0 unspecified atom stereocenters. The Bertz CT molecular complexity index is 875. The van der Waals surface area contributed by atoms with E-state index >= 15 is 0 Å². The van der Waals surface area contributed by atoms with Crippen molar-refractivity contribution < 1.29 is 14.3 Å². The summed E-state index contributed by atoms with van der Waals surface area (Å²) in [6.45, 7) is 8.91. The number of hydrogen-bond donors (Lipinski definition) is 1. The van der Waals surface area contributed by atoms with Gasteiger partial charge in [0.05, 0.1) is 12.7 Å². The second-order valence-corrected chi connectivity index (χ2v) is 7.58. The first kappa shape index (κ1) is 19.7. The van der Waals surface area contributed by atoms with Crippen molar-refractivity contribution in [3.63, 3.8) is 0 Å². The zero-order valence-corrected chi connectivity index (χ0v) is 16.9. The van der Waals surface area contributed by atoms with E-state index in [2.05, 4.69) is 19.2 Å². The molecule has 0 aromatic heterocycles. The molecule has 2 aromatic rings. The van der Waals surface area contributed by atoms with Crippen LogP contribution in [0, 0.1) is 5.92 Å². The number of hydrogen-bond acceptors (Lipinski definition) is 3.